The summed E-state index contributed by atoms with van der Waals surface area (Å²) in [6.07, 6.45) is 1.33. The van der Waals surface area contributed by atoms with Gasteiger partial charge in [-0.1, -0.05) is 39.3 Å². The Labute approximate surface area is 113 Å². The Morgan fingerprint density at radius 2 is 2.00 bits per heavy atom. The number of nitrogens with one attached hydrogen (secondary N) is 1. The molecule has 0 saturated heterocycles. The third-order valence-electron chi connectivity index (χ3n) is 2.99. The van der Waals surface area contributed by atoms with Crippen molar-refractivity contribution in [1.82, 2.24) is 15.5 Å². The fourth-order valence-corrected chi connectivity index (χ4v) is 1.67. The van der Waals surface area contributed by atoms with Crippen LogP contribution in [0.2, 0.25) is 0 Å². The standard InChI is InChI=1S/C13H23N3O3/c1-6-7-13(5,11(17)18)14-8-9-15-10(16-19-9)12(2,3)4/h14H,6-8H2,1-5H3,(H,17,18). The summed E-state index contributed by atoms with van der Waals surface area (Å²) in [6, 6.07) is 0. The van der Waals surface area contributed by atoms with Gasteiger partial charge in [0.05, 0.1) is 6.54 Å². The predicted molar refractivity (Wildman–Crippen MR) is 70.8 cm³/mol. The highest BCUT2D eigenvalue weighted by molar-refractivity contribution is 5.78. The normalized spacial score (nSPS) is 15.2. The lowest BCUT2D eigenvalue weighted by molar-refractivity contribution is -0.144. The number of aliphatic carboxylic acids is 1. The highest BCUT2D eigenvalue weighted by Crippen LogP contribution is 2.19. The Bertz CT molecular complexity index is 437. The highest BCUT2D eigenvalue weighted by atomic mass is 16.5. The molecule has 0 fully saturated rings. The Hall–Kier alpha value is -1.43. The van der Waals surface area contributed by atoms with Crippen molar-refractivity contribution in [3.63, 3.8) is 0 Å². The molecule has 1 atom stereocenters. The highest BCUT2D eigenvalue weighted by Gasteiger charge is 2.32. The van der Waals surface area contributed by atoms with E-state index in [9.17, 15) is 9.90 Å². The van der Waals surface area contributed by atoms with Crippen molar-refractivity contribution in [3.05, 3.63) is 11.7 Å². The average molecular weight is 269 g/mol. The van der Waals surface area contributed by atoms with Crippen LogP contribution in [0.15, 0.2) is 4.52 Å². The Balaban J connectivity index is 2.70. The largest absolute Gasteiger partial charge is 0.480 e. The van der Waals surface area contributed by atoms with E-state index in [1.165, 1.54) is 0 Å². The van der Waals surface area contributed by atoms with Gasteiger partial charge in [0.25, 0.3) is 0 Å². The minimum Gasteiger partial charge on any atom is -0.480 e. The van der Waals surface area contributed by atoms with Gasteiger partial charge in [0.1, 0.15) is 5.54 Å². The van der Waals surface area contributed by atoms with Crippen LogP contribution in [0.4, 0.5) is 0 Å². The number of carboxylic acid groups (broad SMARTS) is 1. The van der Waals surface area contributed by atoms with Gasteiger partial charge < -0.3 is 9.63 Å². The monoisotopic (exact) mass is 269 g/mol. The second-order valence-electron chi connectivity index (χ2n) is 6.00. The van der Waals surface area contributed by atoms with E-state index in [0.29, 0.717) is 18.1 Å². The maximum Gasteiger partial charge on any atom is 0.323 e. The average Bonchev–Trinajstić information content (AvgIpc) is 2.75. The Kier molecular flexibility index (Phi) is 4.68. The molecule has 0 aromatic carbocycles. The number of aromatic nitrogens is 2. The van der Waals surface area contributed by atoms with Crippen LogP contribution in [-0.2, 0) is 16.8 Å². The first-order valence-corrected chi connectivity index (χ1v) is 6.50. The van der Waals surface area contributed by atoms with Crippen molar-refractivity contribution < 1.29 is 14.4 Å². The maximum absolute atomic E-state index is 11.3. The summed E-state index contributed by atoms with van der Waals surface area (Å²) in [7, 11) is 0. The summed E-state index contributed by atoms with van der Waals surface area (Å²) in [6.45, 7) is 9.85. The lowest BCUT2D eigenvalue weighted by Gasteiger charge is -2.24. The molecule has 1 aromatic rings. The summed E-state index contributed by atoms with van der Waals surface area (Å²) in [5, 5.41) is 16.1. The minimum absolute atomic E-state index is 0.179. The first-order chi connectivity index (χ1) is 8.69. The topological polar surface area (TPSA) is 88.3 Å². The number of hydrogen-bond donors (Lipinski definition) is 2. The SMILES string of the molecule is CCCC(C)(NCc1nc(C(C)(C)C)no1)C(=O)O. The molecule has 0 aliphatic heterocycles. The quantitative estimate of drug-likeness (QED) is 0.822. The van der Waals surface area contributed by atoms with Gasteiger partial charge in [-0.25, -0.2) is 0 Å². The summed E-state index contributed by atoms with van der Waals surface area (Å²) >= 11 is 0. The first-order valence-electron chi connectivity index (χ1n) is 6.50. The number of carbonyl (C=O) groups is 1. The molecule has 1 rings (SSSR count). The van der Waals surface area contributed by atoms with Crippen LogP contribution in [0, 0.1) is 0 Å². The summed E-state index contributed by atoms with van der Waals surface area (Å²) in [5.74, 6) is 0.162. The molecule has 6 nitrogen and oxygen atoms in total. The van der Waals surface area contributed by atoms with Gasteiger partial charge in [-0.15, -0.1) is 0 Å². The molecule has 0 aliphatic rings. The molecule has 2 N–H and O–H groups in total. The molecule has 1 aromatic heterocycles. The van der Waals surface area contributed by atoms with Crippen molar-refractivity contribution in [3.8, 4) is 0 Å². The van der Waals surface area contributed by atoms with Crippen LogP contribution in [0.5, 0.6) is 0 Å². The third kappa shape index (κ3) is 4.02. The van der Waals surface area contributed by atoms with Gasteiger partial charge in [-0.2, -0.15) is 4.98 Å². The Morgan fingerprint density at radius 1 is 1.37 bits per heavy atom. The lowest BCUT2D eigenvalue weighted by atomic mass is 9.96. The van der Waals surface area contributed by atoms with E-state index in [0.717, 1.165) is 6.42 Å². The maximum atomic E-state index is 11.3. The third-order valence-corrected chi connectivity index (χ3v) is 2.99. The summed E-state index contributed by atoms with van der Waals surface area (Å²) in [5.41, 5.74) is -1.15. The second-order valence-corrected chi connectivity index (χ2v) is 6.00. The second kappa shape index (κ2) is 5.69. The van der Waals surface area contributed by atoms with Crippen LogP contribution in [0.25, 0.3) is 0 Å². The van der Waals surface area contributed by atoms with Crippen molar-refractivity contribution in [2.24, 2.45) is 0 Å². The van der Waals surface area contributed by atoms with Gasteiger partial charge in [0.2, 0.25) is 5.89 Å². The molecule has 108 valence electrons. The lowest BCUT2D eigenvalue weighted by Crippen LogP contribution is -2.49. The van der Waals surface area contributed by atoms with E-state index in [2.05, 4.69) is 15.5 Å². The molecular weight excluding hydrogens is 246 g/mol. The van der Waals surface area contributed by atoms with E-state index < -0.39 is 11.5 Å². The van der Waals surface area contributed by atoms with Gasteiger partial charge in [0.15, 0.2) is 5.82 Å². The molecule has 6 heteroatoms. The van der Waals surface area contributed by atoms with Gasteiger partial charge in [0, 0.05) is 5.41 Å². The van der Waals surface area contributed by atoms with E-state index in [-0.39, 0.29) is 12.0 Å². The smallest absolute Gasteiger partial charge is 0.323 e. The Morgan fingerprint density at radius 3 is 2.42 bits per heavy atom. The van der Waals surface area contributed by atoms with Crippen LogP contribution >= 0.6 is 0 Å². The van der Waals surface area contributed by atoms with Crippen molar-refractivity contribution in [1.29, 1.82) is 0 Å². The van der Waals surface area contributed by atoms with Gasteiger partial charge in [-0.05, 0) is 13.3 Å². The number of rotatable bonds is 6. The van der Waals surface area contributed by atoms with E-state index in [1.807, 2.05) is 27.7 Å². The zero-order valence-electron chi connectivity index (χ0n) is 12.3. The van der Waals surface area contributed by atoms with E-state index in [1.54, 1.807) is 6.92 Å². The molecule has 0 amide bonds. The van der Waals surface area contributed by atoms with Crippen molar-refractivity contribution in [2.75, 3.05) is 0 Å². The molecular formula is C13H23N3O3. The molecule has 0 spiro atoms. The van der Waals surface area contributed by atoms with Crippen molar-refractivity contribution >= 4 is 5.97 Å². The first kappa shape index (κ1) is 15.6. The number of nitrogens with zero attached hydrogens (tertiary/aromatic N) is 2. The fourth-order valence-electron chi connectivity index (χ4n) is 1.67. The number of carboxylic acids is 1. The minimum atomic E-state index is -0.967. The van der Waals surface area contributed by atoms with Crippen LogP contribution in [0.3, 0.4) is 0 Å². The van der Waals surface area contributed by atoms with Gasteiger partial charge >= 0.3 is 5.97 Å². The van der Waals surface area contributed by atoms with Crippen LogP contribution in [0.1, 0.15) is 59.2 Å². The summed E-state index contributed by atoms with van der Waals surface area (Å²) < 4.78 is 5.13. The molecule has 0 aliphatic carbocycles. The molecule has 1 heterocycles. The predicted octanol–water partition coefficient (Wildman–Crippen LogP) is 2.10. The zero-order chi connectivity index (χ0) is 14.7. The van der Waals surface area contributed by atoms with E-state index in [4.69, 9.17) is 4.52 Å². The molecule has 19 heavy (non-hydrogen) atoms. The van der Waals surface area contributed by atoms with Crippen LogP contribution in [-0.4, -0.2) is 26.8 Å². The number of hydrogen-bond acceptors (Lipinski definition) is 5. The van der Waals surface area contributed by atoms with E-state index >= 15 is 0 Å². The molecule has 0 bridgehead atoms. The van der Waals surface area contributed by atoms with Crippen molar-refractivity contribution in [2.45, 2.75) is 65.0 Å². The molecule has 0 saturated carbocycles. The molecule has 0 radical (unpaired) electrons. The fraction of sp³-hybridized carbons (Fsp3) is 0.769. The summed E-state index contributed by atoms with van der Waals surface area (Å²) in [4.78, 5) is 15.5. The zero-order valence-corrected chi connectivity index (χ0v) is 12.3. The molecule has 1 unspecified atom stereocenters. The van der Waals surface area contributed by atoms with Gasteiger partial charge in [-0.3, -0.25) is 10.1 Å². The van der Waals surface area contributed by atoms with Crippen LogP contribution < -0.4 is 5.32 Å².